The van der Waals surface area contributed by atoms with Crippen molar-refractivity contribution in [2.45, 2.75) is 90.2 Å². The normalized spacial score (nSPS) is 23.6. The number of ether oxygens (including phenoxy) is 2. The van der Waals surface area contributed by atoms with Gasteiger partial charge >= 0.3 is 7.12 Å². The van der Waals surface area contributed by atoms with Crippen LogP contribution < -0.4 is 14.9 Å². The zero-order valence-corrected chi connectivity index (χ0v) is 24.6. The maximum absolute atomic E-state index is 13.2. The number of benzene rings is 2. The third kappa shape index (κ3) is 4.77. The van der Waals surface area contributed by atoms with E-state index in [2.05, 4.69) is 58.2 Å². The van der Waals surface area contributed by atoms with Crippen LogP contribution >= 0.6 is 0 Å². The highest BCUT2D eigenvalue weighted by atomic mass is 16.7. The number of methoxy groups -OCH3 is 1. The van der Waals surface area contributed by atoms with E-state index in [1.165, 1.54) is 0 Å². The Morgan fingerprint density at radius 3 is 2.35 bits per heavy atom. The Morgan fingerprint density at radius 2 is 1.73 bits per heavy atom. The molecule has 3 fully saturated rings. The van der Waals surface area contributed by atoms with E-state index in [9.17, 15) is 4.79 Å². The molecule has 3 atom stereocenters. The summed E-state index contributed by atoms with van der Waals surface area (Å²) in [5.41, 5.74) is 2.98. The first kappa shape index (κ1) is 27.2. The van der Waals surface area contributed by atoms with Crippen molar-refractivity contribution in [2.75, 3.05) is 13.7 Å². The van der Waals surface area contributed by atoms with Crippen LogP contribution in [0.3, 0.4) is 0 Å². The molecule has 6 rings (SSSR count). The summed E-state index contributed by atoms with van der Waals surface area (Å²) in [6.07, 6.45) is 4.51. The minimum Gasteiger partial charge on any atom is -0.497 e. The molecule has 3 heterocycles. The summed E-state index contributed by atoms with van der Waals surface area (Å²) >= 11 is 0. The van der Waals surface area contributed by atoms with Gasteiger partial charge in [0.05, 0.1) is 36.2 Å². The number of rotatable bonds is 8. The summed E-state index contributed by atoms with van der Waals surface area (Å²) in [7, 11) is 1.15. The predicted molar refractivity (Wildman–Crippen MR) is 155 cm³/mol. The van der Waals surface area contributed by atoms with Crippen LogP contribution in [0.1, 0.15) is 78.5 Å². The van der Waals surface area contributed by atoms with Crippen molar-refractivity contribution in [2.24, 2.45) is 5.92 Å². The van der Waals surface area contributed by atoms with Crippen molar-refractivity contribution in [3.05, 3.63) is 48.3 Å². The first-order valence-electron chi connectivity index (χ1n) is 14.4. The van der Waals surface area contributed by atoms with E-state index in [1.807, 2.05) is 35.5 Å². The highest BCUT2D eigenvalue weighted by Gasteiger charge is 2.52. The van der Waals surface area contributed by atoms with Crippen LogP contribution in [0.2, 0.25) is 0 Å². The third-order valence-corrected chi connectivity index (χ3v) is 9.35. The van der Waals surface area contributed by atoms with Crippen molar-refractivity contribution in [1.29, 1.82) is 0 Å². The molecular formula is C31H40BN3O5. The number of carbonyl (C=O) groups is 1. The average Bonchev–Trinajstić information content (AvgIpc) is 3.47. The molecule has 2 saturated heterocycles. The van der Waals surface area contributed by atoms with E-state index >= 15 is 0 Å². The van der Waals surface area contributed by atoms with Crippen LogP contribution in [0, 0.1) is 5.92 Å². The monoisotopic (exact) mass is 545 g/mol. The predicted octanol–water partition coefficient (Wildman–Crippen LogP) is 5.06. The lowest BCUT2D eigenvalue weighted by Crippen LogP contribution is -2.41. The molecule has 1 amide bonds. The molecule has 0 radical (unpaired) electrons. The number of fused-ring (bicyclic) bond motifs is 1. The summed E-state index contributed by atoms with van der Waals surface area (Å²) < 4.78 is 27.0. The molecular weight excluding hydrogens is 505 g/mol. The summed E-state index contributed by atoms with van der Waals surface area (Å²) in [5, 5.41) is 0. The molecule has 3 unspecified atom stereocenters. The lowest BCUT2D eigenvalue weighted by atomic mass is 9.78. The molecule has 8 nitrogen and oxygen atoms in total. The molecule has 1 aromatic heterocycles. The molecule has 0 spiro atoms. The average molecular weight is 545 g/mol. The van der Waals surface area contributed by atoms with Crippen LogP contribution in [0.5, 0.6) is 11.5 Å². The van der Waals surface area contributed by atoms with E-state index in [-0.39, 0.29) is 24.0 Å². The summed E-state index contributed by atoms with van der Waals surface area (Å²) in [5.74, 6) is 1.81. The fourth-order valence-electron chi connectivity index (χ4n) is 5.80. The molecule has 2 aromatic carbocycles. The van der Waals surface area contributed by atoms with Gasteiger partial charge in [-0.25, -0.2) is 4.98 Å². The van der Waals surface area contributed by atoms with E-state index < -0.39 is 18.3 Å². The quantitative estimate of drug-likeness (QED) is 0.369. The zero-order chi connectivity index (χ0) is 28.4. The highest BCUT2D eigenvalue weighted by molar-refractivity contribution is 6.62. The van der Waals surface area contributed by atoms with E-state index in [0.29, 0.717) is 19.0 Å². The molecule has 1 aliphatic carbocycles. The second kappa shape index (κ2) is 9.81. The second-order valence-electron chi connectivity index (χ2n) is 12.6. The molecule has 0 N–H and O–H groups in total. The Kier molecular flexibility index (Phi) is 6.66. The lowest BCUT2D eigenvalue weighted by molar-refractivity contribution is -0.129. The Labute approximate surface area is 237 Å². The summed E-state index contributed by atoms with van der Waals surface area (Å²) in [6, 6.07) is 12.5. The van der Waals surface area contributed by atoms with Crippen molar-refractivity contribution < 1.29 is 23.6 Å². The van der Waals surface area contributed by atoms with Crippen molar-refractivity contribution in [1.82, 2.24) is 14.5 Å². The molecule has 9 heteroatoms. The molecule has 3 aliphatic rings. The Bertz CT molecular complexity index is 1400. The first-order chi connectivity index (χ1) is 19.0. The minimum atomic E-state index is -0.507. The van der Waals surface area contributed by atoms with Gasteiger partial charge in [0, 0.05) is 24.9 Å². The number of amides is 1. The third-order valence-electron chi connectivity index (χ3n) is 9.35. The van der Waals surface area contributed by atoms with Crippen LogP contribution in [0.25, 0.3) is 11.0 Å². The van der Waals surface area contributed by atoms with Gasteiger partial charge in [-0.2, -0.15) is 0 Å². The van der Waals surface area contributed by atoms with E-state index in [0.717, 1.165) is 46.4 Å². The summed E-state index contributed by atoms with van der Waals surface area (Å²) in [4.78, 5) is 19.9. The van der Waals surface area contributed by atoms with Crippen molar-refractivity contribution in [3.8, 4) is 11.5 Å². The number of imidazole rings is 1. The number of nitrogens with zero attached hydrogens (tertiary/aromatic N) is 3. The van der Waals surface area contributed by atoms with Crippen molar-refractivity contribution >= 4 is 29.5 Å². The number of hydrogen-bond donors (Lipinski definition) is 0. The Balaban J connectivity index is 1.25. The largest absolute Gasteiger partial charge is 0.497 e. The van der Waals surface area contributed by atoms with Gasteiger partial charge in [0.2, 0.25) is 5.91 Å². The molecule has 0 bridgehead atoms. The number of carbonyl (C=O) groups excluding carboxylic acids is 1. The van der Waals surface area contributed by atoms with Gasteiger partial charge < -0.3 is 28.2 Å². The number of likely N-dealkylation sites (tertiary alicyclic amines) is 1. The van der Waals surface area contributed by atoms with Gasteiger partial charge in [-0.05, 0) is 89.7 Å². The first-order valence-corrected chi connectivity index (χ1v) is 14.4. The van der Waals surface area contributed by atoms with Gasteiger partial charge in [-0.15, -0.1) is 0 Å². The highest BCUT2D eigenvalue weighted by Crippen LogP contribution is 2.41. The topological polar surface area (TPSA) is 75.1 Å². The van der Waals surface area contributed by atoms with Gasteiger partial charge in [-0.3, -0.25) is 4.79 Å². The minimum absolute atomic E-state index is 0.0229. The standard InChI is InChI=1S/C31H40BN3O5/c1-19(21-8-12-25(37-7)13-9-21)34-17-22(14-28(34)36)20(2)38-27-16-23(32-39-30(3,4)31(5,6)40-32)15-26-29(27)35(18-33-26)24-10-11-24/h8-9,12-13,15-16,18-20,22,24H,10-11,14,17H2,1-7H3. The fraction of sp³-hybridized carbons (Fsp3) is 0.548. The number of hydrogen-bond acceptors (Lipinski definition) is 6. The van der Waals surface area contributed by atoms with Crippen LogP contribution in [-0.4, -0.2) is 58.4 Å². The van der Waals surface area contributed by atoms with E-state index in [1.54, 1.807) is 7.11 Å². The molecule has 212 valence electrons. The smallest absolute Gasteiger partial charge is 0.495 e. The molecule has 1 saturated carbocycles. The SMILES string of the molecule is COc1ccc(C(C)N2CC(C(C)Oc3cc(B4OC(C)(C)C(C)(C)O4)cc4ncn(C5CC5)c34)CC2=O)cc1. The van der Waals surface area contributed by atoms with Gasteiger partial charge in [0.15, 0.2) is 0 Å². The van der Waals surface area contributed by atoms with Crippen LogP contribution in [0.4, 0.5) is 0 Å². The Hall–Kier alpha value is -3.04. The Morgan fingerprint density at radius 1 is 1.05 bits per heavy atom. The van der Waals surface area contributed by atoms with Gasteiger partial charge in [-0.1, -0.05) is 12.1 Å². The van der Waals surface area contributed by atoms with Gasteiger partial charge in [0.25, 0.3) is 0 Å². The number of aromatic nitrogens is 2. The maximum atomic E-state index is 13.2. The molecule has 3 aromatic rings. The molecule has 2 aliphatic heterocycles. The summed E-state index contributed by atoms with van der Waals surface area (Å²) in [6.45, 7) is 13.0. The van der Waals surface area contributed by atoms with Crippen molar-refractivity contribution in [3.63, 3.8) is 0 Å². The molecule has 40 heavy (non-hydrogen) atoms. The fourth-order valence-corrected chi connectivity index (χ4v) is 5.80. The zero-order valence-electron chi connectivity index (χ0n) is 24.6. The lowest BCUT2D eigenvalue weighted by Gasteiger charge is -2.32. The maximum Gasteiger partial charge on any atom is 0.495 e. The van der Waals surface area contributed by atoms with Crippen LogP contribution in [-0.2, 0) is 14.1 Å². The van der Waals surface area contributed by atoms with E-state index in [4.69, 9.17) is 23.8 Å². The van der Waals surface area contributed by atoms with Gasteiger partial charge in [0.1, 0.15) is 23.1 Å². The second-order valence-corrected chi connectivity index (χ2v) is 12.6. The van der Waals surface area contributed by atoms with Crippen LogP contribution in [0.15, 0.2) is 42.7 Å².